The van der Waals surface area contributed by atoms with Gasteiger partial charge in [0.15, 0.2) is 11.5 Å². The predicted octanol–water partition coefficient (Wildman–Crippen LogP) is 10.00. The lowest BCUT2D eigenvalue weighted by molar-refractivity contribution is -0.123. The minimum absolute atomic E-state index is 0.00613. The zero-order valence-corrected chi connectivity index (χ0v) is 44.9. The number of methoxy groups -OCH3 is 2. The predicted molar refractivity (Wildman–Crippen MR) is 282 cm³/mol. The number of benzene rings is 4. The Morgan fingerprint density at radius 1 is 0.549 bits per heavy atom. The first-order valence-corrected chi connectivity index (χ1v) is 31.9. The van der Waals surface area contributed by atoms with Gasteiger partial charge in [0.1, 0.15) is 37.0 Å². The molecule has 4 amide bonds. The van der Waals surface area contributed by atoms with E-state index in [-0.39, 0.29) is 50.3 Å². The monoisotopic (exact) mass is 1000 g/mol. The first-order valence-electron chi connectivity index (χ1n) is 24.5. The third-order valence-corrected chi connectivity index (χ3v) is 16.8. The highest BCUT2D eigenvalue weighted by molar-refractivity contribution is 6.76. The van der Waals surface area contributed by atoms with Gasteiger partial charge in [-0.2, -0.15) is 0 Å². The maximum absolute atomic E-state index is 14.6. The molecule has 0 radical (unpaired) electrons. The van der Waals surface area contributed by atoms with Gasteiger partial charge in [-0.25, -0.2) is 0 Å². The largest absolute Gasteiger partial charge is 0.497 e. The van der Waals surface area contributed by atoms with E-state index < -0.39 is 28.2 Å². The Bertz CT molecular complexity index is 2730. The van der Waals surface area contributed by atoms with Crippen LogP contribution in [0.25, 0.3) is 11.1 Å². The maximum atomic E-state index is 14.6. The van der Waals surface area contributed by atoms with Gasteiger partial charge in [0.2, 0.25) is 0 Å². The number of rotatable bonds is 20. The molecule has 376 valence electrons. The molecular formula is C55H68N4O10Si2. The summed E-state index contributed by atoms with van der Waals surface area (Å²) in [6, 6.07) is 23.0. The molecule has 4 heterocycles. The molecule has 4 aromatic rings. The quantitative estimate of drug-likeness (QED) is 0.0622. The van der Waals surface area contributed by atoms with Crippen molar-refractivity contribution in [3.8, 4) is 23.0 Å². The maximum Gasteiger partial charge on any atom is 0.260 e. The average molecular weight is 1000 g/mol. The van der Waals surface area contributed by atoms with E-state index in [1.807, 2.05) is 62.4 Å². The molecule has 0 aromatic heterocycles. The zero-order chi connectivity index (χ0) is 50.8. The molecular weight excluding hydrogens is 933 g/mol. The minimum Gasteiger partial charge on any atom is -0.497 e. The van der Waals surface area contributed by atoms with E-state index >= 15 is 0 Å². The van der Waals surface area contributed by atoms with E-state index in [2.05, 4.69) is 39.3 Å². The highest BCUT2D eigenvalue weighted by atomic mass is 28.3. The molecule has 71 heavy (non-hydrogen) atoms. The number of hydrogen-bond donors (Lipinski definition) is 0. The van der Waals surface area contributed by atoms with Crippen molar-refractivity contribution in [1.29, 1.82) is 0 Å². The van der Waals surface area contributed by atoms with Crippen molar-refractivity contribution in [1.82, 2.24) is 9.80 Å². The van der Waals surface area contributed by atoms with E-state index in [0.29, 0.717) is 72.2 Å². The summed E-state index contributed by atoms with van der Waals surface area (Å²) in [4.78, 5) is 64.3. The lowest BCUT2D eigenvalue weighted by Gasteiger charge is -2.27. The van der Waals surface area contributed by atoms with Crippen molar-refractivity contribution in [2.24, 2.45) is 0 Å². The second kappa shape index (κ2) is 21.3. The van der Waals surface area contributed by atoms with Crippen LogP contribution in [0.15, 0.2) is 85.2 Å². The second-order valence-electron chi connectivity index (χ2n) is 21.2. The van der Waals surface area contributed by atoms with Crippen LogP contribution in [0.4, 0.5) is 11.4 Å². The lowest BCUT2D eigenvalue weighted by Crippen LogP contribution is -2.45. The number of anilines is 2. The third kappa shape index (κ3) is 11.5. The smallest absolute Gasteiger partial charge is 0.260 e. The highest BCUT2D eigenvalue weighted by Gasteiger charge is 2.45. The standard InChI is InChI=1S/C55H68N4O10Si2/c1-36-12-14-38(15-13-36)40-27-48-55(63)59(35-67-23-25-71(8,9)10)46-31-51(50(65-4)29-44(46)53(61)57(48)32-40)69-21-11-20-68-49-30-45-43(26-37(49)2)52(60)56-33-41(39-16-18-42(64-3)19-17-39)28-47(56)54(62)58(45)34-66-22-24-70(5,6)7/h12-19,26,29-33,47-48H,11,20-25,27-28,34-35H2,1-10H3/t47-,48-/m0/s1. The molecule has 16 heteroatoms. The van der Waals surface area contributed by atoms with Crippen molar-refractivity contribution in [2.45, 2.75) is 96.6 Å². The van der Waals surface area contributed by atoms with Crippen molar-refractivity contribution >= 4 is 62.3 Å². The van der Waals surface area contributed by atoms with Gasteiger partial charge in [-0.3, -0.25) is 29.0 Å². The summed E-state index contributed by atoms with van der Waals surface area (Å²) < 4.78 is 36.3. The van der Waals surface area contributed by atoms with Crippen molar-refractivity contribution < 1.29 is 47.6 Å². The van der Waals surface area contributed by atoms with Crippen LogP contribution in [-0.2, 0) is 19.1 Å². The van der Waals surface area contributed by atoms with Crippen molar-refractivity contribution in [2.75, 3.05) is 63.9 Å². The fourth-order valence-corrected chi connectivity index (χ4v) is 10.6. The Hall–Kier alpha value is -6.21. The Morgan fingerprint density at radius 2 is 1.01 bits per heavy atom. The summed E-state index contributed by atoms with van der Waals surface area (Å²) >= 11 is 0. The van der Waals surface area contributed by atoms with Crippen LogP contribution in [0, 0.1) is 13.8 Å². The van der Waals surface area contributed by atoms with Crippen molar-refractivity contribution in [3.63, 3.8) is 0 Å². The van der Waals surface area contributed by atoms with Gasteiger partial charge in [0, 0.05) is 73.2 Å². The van der Waals surface area contributed by atoms with E-state index in [1.165, 1.54) is 7.11 Å². The van der Waals surface area contributed by atoms with E-state index in [4.69, 9.17) is 28.4 Å². The van der Waals surface area contributed by atoms with E-state index in [9.17, 15) is 19.2 Å². The van der Waals surface area contributed by atoms with Crippen LogP contribution in [0.5, 0.6) is 23.0 Å². The third-order valence-electron chi connectivity index (χ3n) is 13.4. The Kier molecular flexibility index (Phi) is 15.3. The SMILES string of the molecule is COc1ccc(C2=CN3C(=O)c4cc(C)c(OCCCOc5cc6c(cc5OC)C(=O)N5C=C(c7ccc(C)cc7)C[C@H]5C(=O)N6COCC[Si](C)(C)C)cc4N(COCC[Si](C)(C)C)C(=O)[C@@H]3C2)cc1. The average Bonchev–Trinajstić information content (AvgIpc) is 3.97. The number of fused-ring (bicyclic) bond motifs is 4. The Morgan fingerprint density at radius 3 is 1.49 bits per heavy atom. The molecule has 4 aliphatic rings. The molecule has 0 N–H and O–H groups in total. The van der Waals surface area contributed by atoms with Crippen LogP contribution in [0.1, 0.15) is 62.2 Å². The molecule has 0 saturated heterocycles. The molecule has 0 spiro atoms. The van der Waals surface area contributed by atoms with Crippen molar-refractivity contribution in [3.05, 3.63) is 119 Å². The number of hydrogen-bond acceptors (Lipinski definition) is 10. The molecule has 4 aromatic carbocycles. The highest BCUT2D eigenvalue weighted by Crippen LogP contribution is 2.43. The number of carbonyl (C=O) groups is 4. The number of ether oxygens (including phenoxy) is 6. The number of amides is 4. The number of aryl methyl sites for hydroxylation is 2. The van der Waals surface area contributed by atoms with Gasteiger partial charge in [-0.05, 0) is 78.0 Å². The van der Waals surface area contributed by atoms with E-state index in [1.54, 1.807) is 63.4 Å². The summed E-state index contributed by atoms with van der Waals surface area (Å²) in [6.45, 7) is 19.0. The van der Waals surface area contributed by atoms with Crippen LogP contribution in [0.2, 0.25) is 51.4 Å². The fourth-order valence-electron chi connectivity index (χ4n) is 9.08. The molecule has 0 fully saturated rings. The van der Waals surface area contributed by atoms with Crippen LogP contribution in [-0.4, -0.2) is 116 Å². The fraction of sp³-hybridized carbons (Fsp3) is 0.418. The molecule has 4 aliphatic heterocycles. The van der Waals surface area contributed by atoms with Gasteiger partial charge in [0.05, 0.1) is 49.9 Å². The van der Waals surface area contributed by atoms with Gasteiger partial charge >= 0.3 is 0 Å². The second-order valence-corrected chi connectivity index (χ2v) is 32.4. The van der Waals surface area contributed by atoms with Gasteiger partial charge in [0.25, 0.3) is 23.6 Å². The summed E-state index contributed by atoms with van der Waals surface area (Å²) in [5, 5.41) is 0. The number of carbonyl (C=O) groups excluding carboxylic acids is 4. The summed E-state index contributed by atoms with van der Waals surface area (Å²) in [5.41, 5.74) is 7.07. The number of nitrogens with zero attached hydrogens (tertiary/aromatic N) is 4. The van der Waals surface area contributed by atoms with Crippen LogP contribution < -0.4 is 28.7 Å². The van der Waals surface area contributed by atoms with Crippen LogP contribution in [0.3, 0.4) is 0 Å². The molecule has 8 rings (SSSR count). The van der Waals surface area contributed by atoms with Gasteiger partial charge in [-0.1, -0.05) is 81.2 Å². The van der Waals surface area contributed by atoms with Crippen LogP contribution >= 0.6 is 0 Å². The zero-order valence-electron chi connectivity index (χ0n) is 42.9. The van der Waals surface area contributed by atoms with E-state index in [0.717, 1.165) is 51.2 Å². The topological polar surface area (TPSA) is 137 Å². The molecule has 0 unspecified atom stereocenters. The summed E-state index contributed by atoms with van der Waals surface area (Å²) in [5.74, 6) is 0.914. The Labute approximate surface area is 420 Å². The molecule has 14 nitrogen and oxygen atoms in total. The first-order chi connectivity index (χ1) is 33.8. The molecule has 2 atom stereocenters. The molecule has 0 bridgehead atoms. The normalized spacial score (nSPS) is 17.8. The van der Waals surface area contributed by atoms with Gasteiger partial charge in [-0.15, -0.1) is 0 Å². The summed E-state index contributed by atoms with van der Waals surface area (Å²) in [6.07, 6.45) is 4.77. The Balaban J connectivity index is 1.00. The van der Waals surface area contributed by atoms with Gasteiger partial charge < -0.3 is 38.2 Å². The summed E-state index contributed by atoms with van der Waals surface area (Å²) in [7, 11) is 0.286. The lowest BCUT2D eigenvalue weighted by atomic mass is 10.0. The first kappa shape index (κ1) is 51.2. The minimum atomic E-state index is -1.43. The molecule has 0 saturated carbocycles. The molecule has 0 aliphatic carbocycles.